The van der Waals surface area contributed by atoms with Crippen LogP contribution < -0.4 is 10.1 Å². The number of nitrogens with zero attached hydrogens (tertiary/aromatic N) is 2. The number of ether oxygens (including phenoxy) is 1. The molecule has 1 aromatic heterocycles. The molecule has 8 heteroatoms. The van der Waals surface area contributed by atoms with Gasteiger partial charge in [-0.25, -0.2) is 0 Å². The van der Waals surface area contributed by atoms with Gasteiger partial charge in [0, 0.05) is 10.6 Å². The van der Waals surface area contributed by atoms with Gasteiger partial charge in [0.15, 0.2) is 0 Å². The van der Waals surface area contributed by atoms with Crippen LogP contribution in [-0.2, 0) is 4.79 Å². The number of benzene rings is 2. The number of halogens is 1. The average Bonchev–Trinajstić information content (AvgIpc) is 3.15. The lowest BCUT2D eigenvalue weighted by Gasteiger charge is -2.14. The summed E-state index contributed by atoms with van der Waals surface area (Å²) >= 11 is 7.17. The second kappa shape index (κ2) is 8.92. The molecule has 140 valence electrons. The molecule has 3 aromatic rings. The van der Waals surface area contributed by atoms with Crippen LogP contribution in [0.15, 0.2) is 58.2 Å². The summed E-state index contributed by atoms with van der Waals surface area (Å²) < 4.78 is 10.7. The van der Waals surface area contributed by atoms with E-state index in [1.54, 1.807) is 13.2 Å². The van der Waals surface area contributed by atoms with Crippen molar-refractivity contribution in [3.8, 4) is 17.2 Å². The van der Waals surface area contributed by atoms with Gasteiger partial charge < -0.3 is 14.5 Å². The fourth-order valence-corrected chi connectivity index (χ4v) is 3.16. The van der Waals surface area contributed by atoms with E-state index >= 15 is 0 Å². The summed E-state index contributed by atoms with van der Waals surface area (Å²) in [4.78, 5) is 12.2. The molecule has 3 rings (SSSR count). The minimum Gasteiger partial charge on any atom is -0.497 e. The van der Waals surface area contributed by atoms with Gasteiger partial charge in [-0.2, -0.15) is 0 Å². The van der Waals surface area contributed by atoms with Crippen LogP contribution in [0.2, 0.25) is 5.02 Å². The number of methoxy groups -OCH3 is 1. The van der Waals surface area contributed by atoms with Crippen LogP contribution in [0.25, 0.3) is 11.5 Å². The lowest BCUT2D eigenvalue weighted by atomic mass is 10.1. The van der Waals surface area contributed by atoms with Crippen molar-refractivity contribution in [1.29, 1.82) is 0 Å². The molecule has 2 aromatic carbocycles. The lowest BCUT2D eigenvalue weighted by Crippen LogP contribution is -2.28. The zero-order valence-corrected chi connectivity index (χ0v) is 16.4. The second-order valence-corrected chi connectivity index (χ2v) is 7.10. The van der Waals surface area contributed by atoms with Crippen molar-refractivity contribution < 1.29 is 13.9 Å². The summed E-state index contributed by atoms with van der Waals surface area (Å²) in [7, 11) is 1.61. The molecule has 0 fully saturated rings. The topological polar surface area (TPSA) is 77.2 Å². The van der Waals surface area contributed by atoms with E-state index in [-0.39, 0.29) is 17.7 Å². The molecule has 0 bridgehead atoms. The van der Waals surface area contributed by atoms with Crippen LogP contribution in [-0.4, -0.2) is 29.0 Å². The van der Waals surface area contributed by atoms with Crippen LogP contribution in [0.5, 0.6) is 5.75 Å². The quantitative estimate of drug-likeness (QED) is 0.590. The maximum absolute atomic E-state index is 12.2. The van der Waals surface area contributed by atoms with E-state index in [0.717, 1.165) is 16.9 Å². The van der Waals surface area contributed by atoms with Crippen molar-refractivity contribution in [2.75, 3.05) is 12.9 Å². The van der Waals surface area contributed by atoms with Crippen molar-refractivity contribution >= 4 is 29.3 Å². The third-order valence-corrected chi connectivity index (χ3v) is 4.85. The predicted octanol–water partition coefficient (Wildman–Crippen LogP) is 4.37. The van der Waals surface area contributed by atoms with E-state index in [4.69, 9.17) is 20.8 Å². The molecule has 0 aliphatic rings. The molecule has 0 radical (unpaired) electrons. The van der Waals surface area contributed by atoms with Crippen molar-refractivity contribution in [3.05, 3.63) is 59.1 Å². The van der Waals surface area contributed by atoms with Crippen molar-refractivity contribution in [2.45, 2.75) is 18.2 Å². The molecule has 0 spiro atoms. The van der Waals surface area contributed by atoms with E-state index in [1.165, 1.54) is 11.8 Å². The van der Waals surface area contributed by atoms with E-state index in [0.29, 0.717) is 16.1 Å². The minimum atomic E-state index is -0.144. The molecule has 0 aliphatic heterocycles. The zero-order valence-electron chi connectivity index (χ0n) is 14.8. The Kier molecular flexibility index (Phi) is 6.36. The average molecular weight is 404 g/mol. The van der Waals surface area contributed by atoms with E-state index < -0.39 is 0 Å². The normalized spacial score (nSPS) is 11.8. The fraction of sp³-hybridized carbons (Fsp3) is 0.211. The molecule has 0 aliphatic carbocycles. The van der Waals surface area contributed by atoms with Crippen molar-refractivity contribution in [1.82, 2.24) is 15.5 Å². The molecule has 1 atom stereocenters. The molecule has 1 amide bonds. The molecule has 1 heterocycles. The molecule has 1 unspecified atom stereocenters. The first-order valence-electron chi connectivity index (χ1n) is 8.20. The Hall–Kier alpha value is -2.51. The molecule has 27 heavy (non-hydrogen) atoms. The number of carbonyl (C=O) groups excluding carboxylic acids is 1. The first kappa shape index (κ1) is 19.3. The smallest absolute Gasteiger partial charge is 0.277 e. The van der Waals surface area contributed by atoms with Gasteiger partial charge in [-0.15, -0.1) is 10.2 Å². The monoisotopic (exact) mass is 403 g/mol. The van der Waals surface area contributed by atoms with Gasteiger partial charge in [0.1, 0.15) is 5.75 Å². The summed E-state index contributed by atoms with van der Waals surface area (Å²) in [6.45, 7) is 1.91. The second-order valence-electron chi connectivity index (χ2n) is 5.73. The molecule has 0 saturated heterocycles. The van der Waals surface area contributed by atoms with Gasteiger partial charge in [-0.1, -0.05) is 35.5 Å². The number of carbonyl (C=O) groups is 1. The SMILES string of the molecule is COc1ccc(-c2nnc(SCC(=O)NC(C)c3cccc(Cl)c3)o2)cc1. The van der Waals surface area contributed by atoms with E-state index in [1.807, 2.05) is 49.4 Å². The molecule has 0 saturated carbocycles. The number of hydrogen-bond donors (Lipinski definition) is 1. The Morgan fingerprint density at radius 3 is 2.74 bits per heavy atom. The Labute approximate surface area is 166 Å². The Balaban J connectivity index is 1.54. The van der Waals surface area contributed by atoms with Gasteiger partial charge in [0.25, 0.3) is 5.22 Å². The van der Waals surface area contributed by atoms with Crippen LogP contribution >= 0.6 is 23.4 Å². The van der Waals surface area contributed by atoms with E-state index in [2.05, 4.69) is 15.5 Å². The van der Waals surface area contributed by atoms with Crippen molar-refractivity contribution in [3.63, 3.8) is 0 Å². The Morgan fingerprint density at radius 1 is 1.26 bits per heavy atom. The van der Waals surface area contributed by atoms with Gasteiger partial charge in [0.2, 0.25) is 11.8 Å². The highest BCUT2D eigenvalue weighted by Crippen LogP contribution is 2.25. The molecule has 6 nitrogen and oxygen atoms in total. The highest BCUT2D eigenvalue weighted by atomic mass is 35.5. The number of thioether (sulfide) groups is 1. The summed E-state index contributed by atoms with van der Waals surface area (Å²) in [5.74, 6) is 1.19. The highest BCUT2D eigenvalue weighted by Gasteiger charge is 2.14. The van der Waals surface area contributed by atoms with Crippen LogP contribution in [0.4, 0.5) is 0 Å². The number of amides is 1. The van der Waals surface area contributed by atoms with Crippen LogP contribution in [0, 0.1) is 0 Å². The number of nitrogens with one attached hydrogen (secondary N) is 1. The van der Waals surface area contributed by atoms with Gasteiger partial charge in [0.05, 0.1) is 18.9 Å². The number of rotatable bonds is 7. The summed E-state index contributed by atoms with van der Waals surface area (Å²) in [6.07, 6.45) is 0. The predicted molar refractivity (Wildman–Crippen MR) is 105 cm³/mol. The Bertz CT molecular complexity index is 915. The zero-order chi connectivity index (χ0) is 19.2. The highest BCUT2D eigenvalue weighted by molar-refractivity contribution is 7.99. The van der Waals surface area contributed by atoms with Crippen LogP contribution in [0.1, 0.15) is 18.5 Å². The van der Waals surface area contributed by atoms with Gasteiger partial charge in [-0.05, 0) is 48.9 Å². The standard InChI is InChI=1S/C19H18ClN3O3S/c1-12(14-4-3-5-15(20)10-14)21-17(24)11-27-19-23-22-18(26-19)13-6-8-16(25-2)9-7-13/h3-10,12H,11H2,1-2H3,(H,21,24). The third-order valence-electron chi connectivity index (χ3n) is 3.80. The first-order chi connectivity index (χ1) is 13.0. The fourth-order valence-electron chi connectivity index (χ4n) is 2.39. The molecular weight excluding hydrogens is 386 g/mol. The minimum absolute atomic E-state index is 0.128. The van der Waals surface area contributed by atoms with Gasteiger partial charge >= 0.3 is 0 Å². The van der Waals surface area contributed by atoms with Gasteiger partial charge in [-0.3, -0.25) is 4.79 Å². The van der Waals surface area contributed by atoms with E-state index in [9.17, 15) is 4.79 Å². The first-order valence-corrected chi connectivity index (χ1v) is 9.57. The Morgan fingerprint density at radius 2 is 2.04 bits per heavy atom. The van der Waals surface area contributed by atoms with Crippen LogP contribution in [0.3, 0.4) is 0 Å². The lowest BCUT2D eigenvalue weighted by molar-refractivity contribution is -0.119. The number of aromatic nitrogens is 2. The summed E-state index contributed by atoms with van der Waals surface area (Å²) in [5, 5.41) is 11.9. The number of hydrogen-bond acceptors (Lipinski definition) is 6. The molecule has 1 N–H and O–H groups in total. The maximum Gasteiger partial charge on any atom is 0.277 e. The third kappa shape index (κ3) is 5.24. The largest absolute Gasteiger partial charge is 0.497 e. The molecular formula is C19H18ClN3O3S. The summed E-state index contributed by atoms with van der Waals surface area (Å²) in [6, 6.07) is 14.6. The van der Waals surface area contributed by atoms with Crippen molar-refractivity contribution in [2.24, 2.45) is 0 Å². The summed E-state index contributed by atoms with van der Waals surface area (Å²) in [5.41, 5.74) is 1.73. The maximum atomic E-state index is 12.2.